The van der Waals surface area contributed by atoms with E-state index >= 15 is 0 Å². The van der Waals surface area contributed by atoms with Gasteiger partial charge in [-0.15, -0.1) is 11.6 Å². The summed E-state index contributed by atoms with van der Waals surface area (Å²) in [6.07, 6.45) is 0. The summed E-state index contributed by atoms with van der Waals surface area (Å²) in [4.78, 5) is 2.17. The molecule has 2 atom stereocenters. The molecule has 1 aliphatic rings. The van der Waals surface area contributed by atoms with Crippen molar-refractivity contribution in [3.05, 3.63) is 70.2 Å². The summed E-state index contributed by atoms with van der Waals surface area (Å²) in [6.45, 7) is 0.857. The third-order valence-corrected chi connectivity index (χ3v) is 4.48. The van der Waals surface area contributed by atoms with Crippen molar-refractivity contribution >= 4 is 23.2 Å². The van der Waals surface area contributed by atoms with Crippen LogP contribution in [0.4, 0.5) is 0 Å². The molecule has 1 radical (unpaired) electrons. The third-order valence-electron chi connectivity index (χ3n) is 3.66. The van der Waals surface area contributed by atoms with Crippen molar-refractivity contribution in [1.82, 2.24) is 4.90 Å². The average Bonchev–Trinajstić information content (AvgIpc) is 2.42. The summed E-state index contributed by atoms with van der Waals surface area (Å²) >= 11 is 12.8. The van der Waals surface area contributed by atoms with Gasteiger partial charge in [-0.25, -0.2) is 0 Å². The smallest absolute Gasteiger partial charge is 0.0961 e. The molecule has 2 aromatic rings. The van der Waals surface area contributed by atoms with E-state index in [1.54, 1.807) is 0 Å². The lowest BCUT2D eigenvalue weighted by Gasteiger charge is -2.37. The topological polar surface area (TPSA) is 3.24 Å². The van der Waals surface area contributed by atoms with Crippen LogP contribution in [0.5, 0.6) is 0 Å². The van der Waals surface area contributed by atoms with E-state index in [1.165, 1.54) is 16.7 Å². The van der Waals surface area contributed by atoms with Crippen LogP contribution < -0.4 is 0 Å². The fourth-order valence-electron chi connectivity index (χ4n) is 2.70. The molecule has 0 bridgehead atoms. The number of benzene rings is 2. The van der Waals surface area contributed by atoms with Crippen LogP contribution in [-0.2, 0) is 6.54 Å². The summed E-state index contributed by atoms with van der Waals surface area (Å²) in [7, 11) is 2.05. The van der Waals surface area contributed by atoms with E-state index in [1.807, 2.05) is 24.3 Å². The molecule has 0 spiro atoms. The minimum atomic E-state index is -0.0617. The van der Waals surface area contributed by atoms with Crippen molar-refractivity contribution in [3.8, 4) is 0 Å². The number of likely N-dealkylation sites (N-methyl/N-ethyl adjacent to an activating group) is 1. The molecule has 3 rings (SSSR count). The average molecular weight is 291 g/mol. The number of halogens is 2. The molecule has 1 nitrogen and oxygen atoms in total. The highest BCUT2D eigenvalue weighted by Crippen LogP contribution is 2.40. The predicted octanol–water partition coefficient (Wildman–Crippen LogP) is 4.28. The second kappa shape index (κ2) is 5.16. The zero-order valence-corrected chi connectivity index (χ0v) is 12.1. The Morgan fingerprint density at radius 2 is 1.95 bits per heavy atom. The largest absolute Gasteiger partial charge is 0.285 e. The van der Waals surface area contributed by atoms with Gasteiger partial charge in [0.05, 0.1) is 5.50 Å². The molecule has 1 aliphatic heterocycles. The maximum Gasteiger partial charge on any atom is 0.0961 e. The van der Waals surface area contributed by atoms with Crippen LogP contribution >= 0.6 is 23.2 Å². The number of hydrogen-bond donors (Lipinski definition) is 0. The Labute approximate surface area is 123 Å². The van der Waals surface area contributed by atoms with Crippen molar-refractivity contribution in [2.24, 2.45) is 0 Å². The van der Waals surface area contributed by atoms with Crippen molar-refractivity contribution in [3.63, 3.8) is 0 Å². The summed E-state index contributed by atoms with van der Waals surface area (Å²) in [6, 6.07) is 17.1. The highest BCUT2D eigenvalue weighted by Gasteiger charge is 2.32. The summed E-state index contributed by atoms with van der Waals surface area (Å²) in [5, 5.41) is 0.764. The molecule has 1 heterocycles. The predicted molar refractivity (Wildman–Crippen MR) is 79.7 cm³/mol. The van der Waals surface area contributed by atoms with Gasteiger partial charge in [-0.3, -0.25) is 4.90 Å². The van der Waals surface area contributed by atoms with Gasteiger partial charge in [-0.1, -0.05) is 41.9 Å². The molecule has 0 saturated heterocycles. The van der Waals surface area contributed by atoms with Crippen LogP contribution in [-0.4, -0.2) is 17.4 Å². The first kappa shape index (κ1) is 13.0. The SMILES string of the molecule is CN1Cc2ccc(Cl)cc2C(c2cc[c]cc2)C1Cl. The van der Waals surface area contributed by atoms with E-state index in [4.69, 9.17) is 23.2 Å². The molecule has 97 valence electrons. The molecular weight excluding hydrogens is 277 g/mol. The molecule has 0 N–H and O–H groups in total. The molecule has 2 unspecified atom stereocenters. The van der Waals surface area contributed by atoms with E-state index in [0.717, 1.165) is 11.6 Å². The minimum absolute atomic E-state index is 0.0617. The van der Waals surface area contributed by atoms with E-state index in [-0.39, 0.29) is 11.4 Å². The summed E-state index contributed by atoms with van der Waals surface area (Å²) < 4.78 is 0. The molecule has 0 fully saturated rings. The lowest BCUT2D eigenvalue weighted by atomic mass is 9.84. The van der Waals surface area contributed by atoms with Gasteiger partial charge in [0.1, 0.15) is 0 Å². The van der Waals surface area contributed by atoms with E-state index in [9.17, 15) is 0 Å². The molecular formula is C16H14Cl2N. The zero-order valence-electron chi connectivity index (χ0n) is 10.6. The van der Waals surface area contributed by atoms with Crippen LogP contribution in [0, 0.1) is 6.07 Å². The van der Waals surface area contributed by atoms with Gasteiger partial charge in [0.2, 0.25) is 0 Å². The maximum absolute atomic E-state index is 6.62. The zero-order chi connectivity index (χ0) is 13.4. The summed E-state index contributed by atoms with van der Waals surface area (Å²) in [5.41, 5.74) is 3.67. The van der Waals surface area contributed by atoms with Crippen LogP contribution in [0.1, 0.15) is 22.6 Å². The van der Waals surface area contributed by atoms with Gasteiger partial charge < -0.3 is 0 Å². The van der Waals surface area contributed by atoms with Gasteiger partial charge in [-0.2, -0.15) is 0 Å². The molecule has 2 aromatic carbocycles. The molecule has 0 amide bonds. The molecule has 0 aliphatic carbocycles. The number of nitrogens with zero attached hydrogens (tertiary/aromatic N) is 1. The van der Waals surface area contributed by atoms with Gasteiger partial charge >= 0.3 is 0 Å². The highest BCUT2D eigenvalue weighted by atomic mass is 35.5. The van der Waals surface area contributed by atoms with Crippen LogP contribution in [0.2, 0.25) is 5.02 Å². The Morgan fingerprint density at radius 1 is 1.21 bits per heavy atom. The van der Waals surface area contributed by atoms with Crippen LogP contribution in [0.15, 0.2) is 42.5 Å². The summed E-state index contributed by atoms with van der Waals surface area (Å²) in [5.74, 6) is 0.142. The minimum Gasteiger partial charge on any atom is -0.285 e. The van der Waals surface area contributed by atoms with E-state index in [2.05, 4.69) is 36.2 Å². The van der Waals surface area contributed by atoms with Crippen LogP contribution in [0.3, 0.4) is 0 Å². The van der Waals surface area contributed by atoms with Crippen molar-refractivity contribution in [2.75, 3.05) is 7.05 Å². The Hall–Kier alpha value is -1.02. The van der Waals surface area contributed by atoms with Gasteiger partial charge in [0.25, 0.3) is 0 Å². The fourth-order valence-corrected chi connectivity index (χ4v) is 3.23. The molecule has 3 heteroatoms. The Balaban J connectivity index is 2.15. The first-order valence-corrected chi connectivity index (χ1v) is 7.07. The van der Waals surface area contributed by atoms with Gasteiger partial charge in [0, 0.05) is 17.5 Å². The van der Waals surface area contributed by atoms with Crippen LogP contribution in [0.25, 0.3) is 0 Å². The fraction of sp³-hybridized carbons (Fsp3) is 0.250. The molecule has 0 saturated carbocycles. The van der Waals surface area contributed by atoms with Crippen molar-refractivity contribution in [1.29, 1.82) is 0 Å². The molecule has 19 heavy (non-hydrogen) atoms. The second-order valence-electron chi connectivity index (χ2n) is 4.94. The van der Waals surface area contributed by atoms with Crippen molar-refractivity contribution in [2.45, 2.75) is 18.0 Å². The number of hydrogen-bond acceptors (Lipinski definition) is 1. The standard InChI is InChI=1S/C16H14Cl2N/c1-19-10-12-7-8-13(17)9-14(12)15(16(19)18)11-5-3-2-4-6-11/h3-9,15-16H,10H2,1H3. The first-order chi connectivity index (χ1) is 9.16. The molecule has 0 aromatic heterocycles. The normalized spacial score (nSPS) is 23.1. The maximum atomic E-state index is 6.62. The monoisotopic (exact) mass is 290 g/mol. The number of alkyl halides is 1. The second-order valence-corrected chi connectivity index (χ2v) is 5.83. The Bertz CT molecular complexity index is 583. The number of fused-ring (bicyclic) bond motifs is 1. The van der Waals surface area contributed by atoms with Gasteiger partial charge in [0.15, 0.2) is 0 Å². The third kappa shape index (κ3) is 2.38. The Kier molecular flexibility index (Phi) is 3.53. The van der Waals surface area contributed by atoms with Crippen molar-refractivity contribution < 1.29 is 0 Å². The number of rotatable bonds is 1. The Morgan fingerprint density at radius 3 is 2.68 bits per heavy atom. The van der Waals surface area contributed by atoms with Gasteiger partial charge in [-0.05, 0) is 41.9 Å². The lowest BCUT2D eigenvalue weighted by molar-refractivity contribution is 0.262. The van der Waals surface area contributed by atoms with E-state index < -0.39 is 0 Å². The highest BCUT2D eigenvalue weighted by molar-refractivity contribution is 6.30. The first-order valence-electron chi connectivity index (χ1n) is 6.25. The lowest BCUT2D eigenvalue weighted by Crippen LogP contribution is -2.37. The quantitative estimate of drug-likeness (QED) is 0.560. The van der Waals surface area contributed by atoms with E-state index in [0.29, 0.717) is 0 Å².